The minimum Gasteiger partial charge on any atom is -0.326 e. The van der Waals surface area contributed by atoms with Crippen LogP contribution in [0, 0.1) is 13.8 Å². The summed E-state index contributed by atoms with van der Waals surface area (Å²) in [7, 11) is 0. The average Bonchev–Trinajstić information content (AvgIpc) is 3.16. The van der Waals surface area contributed by atoms with E-state index in [1.807, 2.05) is 66.2 Å². The van der Waals surface area contributed by atoms with Crippen LogP contribution >= 0.6 is 35.3 Å². The van der Waals surface area contributed by atoms with Gasteiger partial charge in [-0.1, -0.05) is 29.8 Å². The number of aryl methyl sites for hydroxylation is 2. The van der Waals surface area contributed by atoms with Crippen molar-refractivity contribution in [3.8, 4) is 11.3 Å². The number of halogens is 2. The average molecular weight is 432 g/mol. The molecule has 0 fully saturated rings. The molecule has 4 nitrogen and oxygen atoms in total. The molecule has 28 heavy (non-hydrogen) atoms. The highest BCUT2D eigenvalue weighted by Crippen LogP contribution is 2.26. The number of fused-ring (bicyclic) bond motifs is 1. The first-order valence-electron chi connectivity index (χ1n) is 8.57. The third-order valence-electron chi connectivity index (χ3n) is 4.25. The molecule has 0 aliphatic carbocycles. The Hall–Kier alpha value is -2.34. The lowest BCUT2D eigenvalue weighted by Gasteiger charge is -2.07. The highest BCUT2D eigenvalue weighted by atomic mass is 35.5. The van der Waals surface area contributed by atoms with Gasteiger partial charge in [0.2, 0.25) is 5.91 Å². The fraction of sp³-hybridized carbons (Fsp3) is 0.143. The SMILES string of the molecule is Cc1cc(C)cc(NC(=O)Cc2csc3nc(-c4cccc(Cl)c4)cn23)c1.Cl. The zero-order valence-corrected chi connectivity index (χ0v) is 17.8. The standard InChI is InChI=1S/C21H18ClN3OS.ClH/c1-13-6-14(2)8-17(7-13)23-20(26)10-18-12-27-21-24-19(11-25(18)21)15-4-3-5-16(22)9-15;/h3-9,11-12H,10H2,1-2H3,(H,23,26);1H. The summed E-state index contributed by atoms with van der Waals surface area (Å²) in [4.78, 5) is 18.0. The molecule has 2 aromatic heterocycles. The molecule has 0 spiro atoms. The van der Waals surface area contributed by atoms with Crippen LogP contribution in [0.4, 0.5) is 5.69 Å². The highest BCUT2D eigenvalue weighted by Gasteiger charge is 2.13. The number of imidazole rings is 1. The van der Waals surface area contributed by atoms with E-state index in [0.717, 1.165) is 38.7 Å². The maximum atomic E-state index is 12.5. The Kier molecular flexibility index (Phi) is 6.08. The summed E-state index contributed by atoms with van der Waals surface area (Å²) in [5.41, 5.74) is 5.81. The van der Waals surface area contributed by atoms with Crippen LogP contribution in [-0.4, -0.2) is 15.3 Å². The van der Waals surface area contributed by atoms with Crippen molar-refractivity contribution in [2.24, 2.45) is 0 Å². The summed E-state index contributed by atoms with van der Waals surface area (Å²) in [6.45, 7) is 4.04. The molecule has 0 aliphatic heterocycles. The summed E-state index contributed by atoms with van der Waals surface area (Å²) < 4.78 is 1.97. The van der Waals surface area contributed by atoms with Gasteiger partial charge in [-0.15, -0.1) is 23.7 Å². The number of benzene rings is 2. The second-order valence-corrected chi connectivity index (χ2v) is 7.89. The summed E-state index contributed by atoms with van der Waals surface area (Å²) in [6, 6.07) is 13.6. The van der Waals surface area contributed by atoms with Crippen LogP contribution < -0.4 is 5.32 Å². The van der Waals surface area contributed by atoms with Gasteiger partial charge < -0.3 is 5.32 Å². The highest BCUT2D eigenvalue weighted by molar-refractivity contribution is 7.15. The monoisotopic (exact) mass is 431 g/mol. The smallest absolute Gasteiger partial charge is 0.230 e. The maximum Gasteiger partial charge on any atom is 0.230 e. The minimum absolute atomic E-state index is 0. The fourth-order valence-corrected chi connectivity index (χ4v) is 4.22. The number of thiazole rings is 1. The quantitative estimate of drug-likeness (QED) is 0.434. The van der Waals surface area contributed by atoms with E-state index < -0.39 is 0 Å². The van der Waals surface area contributed by atoms with E-state index >= 15 is 0 Å². The first-order valence-corrected chi connectivity index (χ1v) is 9.83. The van der Waals surface area contributed by atoms with Crippen LogP contribution in [0.2, 0.25) is 5.02 Å². The number of aromatic nitrogens is 2. The zero-order valence-electron chi connectivity index (χ0n) is 15.4. The van der Waals surface area contributed by atoms with Crippen molar-refractivity contribution in [2.45, 2.75) is 20.3 Å². The predicted octanol–water partition coefficient (Wildman–Crippen LogP) is 5.94. The van der Waals surface area contributed by atoms with E-state index in [1.165, 1.54) is 11.3 Å². The lowest BCUT2D eigenvalue weighted by atomic mass is 10.1. The predicted molar refractivity (Wildman–Crippen MR) is 119 cm³/mol. The summed E-state index contributed by atoms with van der Waals surface area (Å²) in [5, 5.41) is 5.64. The maximum absolute atomic E-state index is 12.5. The van der Waals surface area contributed by atoms with Gasteiger partial charge in [0, 0.05) is 33.5 Å². The van der Waals surface area contributed by atoms with E-state index in [-0.39, 0.29) is 18.3 Å². The molecule has 0 radical (unpaired) electrons. The van der Waals surface area contributed by atoms with Gasteiger partial charge in [-0.2, -0.15) is 0 Å². The van der Waals surface area contributed by atoms with Crippen LogP contribution in [0.5, 0.6) is 0 Å². The van der Waals surface area contributed by atoms with Crippen molar-refractivity contribution in [2.75, 3.05) is 5.32 Å². The Morgan fingerprint density at radius 2 is 1.93 bits per heavy atom. The molecule has 0 atom stereocenters. The molecule has 2 heterocycles. The molecule has 4 rings (SSSR count). The number of rotatable bonds is 4. The van der Waals surface area contributed by atoms with Crippen molar-refractivity contribution in [1.29, 1.82) is 0 Å². The molecule has 0 saturated carbocycles. The number of carbonyl (C=O) groups excluding carboxylic acids is 1. The Bertz CT molecular complexity index is 1130. The molecule has 4 aromatic rings. The molecule has 1 amide bonds. The van der Waals surface area contributed by atoms with Crippen LogP contribution in [0.1, 0.15) is 16.8 Å². The van der Waals surface area contributed by atoms with Gasteiger partial charge >= 0.3 is 0 Å². The van der Waals surface area contributed by atoms with Crippen LogP contribution in [0.3, 0.4) is 0 Å². The molecule has 7 heteroatoms. The number of hydrogen-bond donors (Lipinski definition) is 1. The number of nitrogens with zero attached hydrogens (tertiary/aromatic N) is 2. The molecule has 0 bridgehead atoms. The van der Waals surface area contributed by atoms with Gasteiger partial charge in [0.05, 0.1) is 12.1 Å². The van der Waals surface area contributed by atoms with Crippen LogP contribution in [0.15, 0.2) is 54.0 Å². The Morgan fingerprint density at radius 3 is 2.64 bits per heavy atom. The summed E-state index contributed by atoms with van der Waals surface area (Å²) in [5.74, 6) is -0.0438. The third kappa shape index (κ3) is 4.38. The van der Waals surface area contributed by atoms with Gasteiger partial charge in [0.15, 0.2) is 4.96 Å². The Balaban J connectivity index is 0.00000225. The largest absolute Gasteiger partial charge is 0.326 e. The number of amides is 1. The van der Waals surface area contributed by atoms with E-state index in [9.17, 15) is 4.79 Å². The molecular formula is C21H19Cl2N3OS. The molecule has 144 valence electrons. The van der Waals surface area contributed by atoms with E-state index in [0.29, 0.717) is 11.4 Å². The summed E-state index contributed by atoms with van der Waals surface area (Å²) >= 11 is 7.61. The minimum atomic E-state index is -0.0438. The van der Waals surface area contributed by atoms with Crippen LogP contribution in [0.25, 0.3) is 16.2 Å². The number of carbonyl (C=O) groups is 1. The van der Waals surface area contributed by atoms with Crippen molar-refractivity contribution < 1.29 is 4.79 Å². The van der Waals surface area contributed by atoms with Crippen molar-refractivity contribution in [3.05, 3.63) is 75.9 Å². The van der Waals surface area contributed by atoms with Crippen molar-refractivity contribution in [3.63, 3.8) is 0 Å². The lowest BCUT2D eigenvalue weighted by Crippen LogP contribution is -2.15. The Labute approximate surface area is 178 Å². The van der Waals surface area contributed by atoms with Crippen LogP contribution in [-0.2, 0) is 11.2 Å². The zero-order chi connectivity index (χ0) is 19.0. The molecule has 0 saturated heterocycles. The summed E-state index contributed by atoms with van der Waals surface area (Å²) in [6.07, 6.45) is 2.25. The normalized spacial score (nSPS) is 10.7. The Morgan fingerprint density at radius 1 is 1.18 bits per heavy atom. The van der Waals surface area contributed by atoms with E-state index in [2.05, 4.69) is 16.4 Å². The van der Waals surface area contributed by atoms with Gasteiger partial charge in [0.25, 0.3) is 0 Å². The van der Waals surface area contributed by atoms with Gasteiger partial charge in [-0.05, 0) is 49.2 Å². The number of hydrogen-bond acceptors (Lipinski definition) is 3. The molecule has 0 aliphatic rings. The fourth-order valence-electron chi connectivity index (χ4n) is 3.16. The second kappa shape index (κ2) is 8.35. The lowest BCUT2D eigenvalue weighted by molar-refractivity contribution is -0.115. The first kappa shape index (κ1) is 20.4. The van der Waals surface area contributed by atoms with Gasteiger partial charge in [0.1, 0.15) is 0 Å². The molecule has 1 N–H and O–H groups in total. The molecular weight excluding hydrogens is 413 g/mol. The van der Waals surface area contributed by atoms with Gasteiger partial charge in [-0.25, -0.2) is 4.98 Å². The van der Waals surface area contributed by atoms with Crippen molar-refractivity contribution in [1.82, 2.24) is 9.38 Å². The topological polar surface area (TPSA) is 46.4 Å². The number of nitrogens with one attached hydrogen (secondary N) is 1. The number of anilines is 1. The molecule has 0 unspecified atom stereocenters. The third-order valence-corrected chi connectivity index (χ3v) is 5.37. The van der Waals surface area contributed by atoms with Crippen molar-refractivity contribution >= 4 is 51.9 Å². The van der Waals surface area contributed by atoms with E-state index in [1.54, 1.807) is 0 Å². The second-order valence-electron chi connectivity index (χ2n) is 6.62. The molecule has 2 aromatic carbocycles. The van der Waals surface area contributed by atoms with Gasteiger partial charge in [-0.3, -0.25) is 9.20 Å². The van der Waals surface area contributed by atoms with E-state index in [4.69, 9.17) is 11.6 Å². The first-order chi connectivity index (χ1) is 13.0.